The first kappa shape index (κ1) is 15.0. The smallest absolute Gasteiger partial charge is 0.242 e. The molecule has 0 unspecified atom stereocenters. The second kappa shape index (κ2) is 7.38. The van der Waals surface area contributed by atoms with Gasteiger partial charge in [0.05, 0.1) is 17.7 Å². The largest absolute Gasteiger partial charge is 0.349 e. The second-order valence-corrected chi connectivity index (χ2v) is 5.98. The highest BCUT2D eigenvalue weighted by Crippen LogP contribution is 2.23. The lowest BCUT2D eigenvalue weighted by Gasteiger charge is -2.22. The van der Waals surface area contributed by atoms with Gasteiger partial charge in [0.2, 0.25) is 11.8 Å². The number of rotatable bonds is 5. The Hall–Kier alpha value is -1.43. The molecule has 0 bridgehead atoms. The predicted molar refractivity (Wildman–Crippen MR) is 78.1 cm³/mol. The lowest BCUT2D eigenvalue weighted by atomic mass is 9.88. The third-order valence-corrected chi connectivity index (χ3v) is 4.29. The van der Waals surface area contributed by atoms with E-state index in [0.29, 0.717) is 6.54 Å². The molecule has 0 radical (unpaired) electrons. The number of carbonyl (C=O) groups is 2. The van der Waals surface area contributed by atoms with Crippen LogP contribution in [0.15, 0.2) is 10.9 Å². The van der Waals surface area contributed by atoms with Gasteiger partial charge in [0, 0.05) is 11.3 Å². The molecule has 110 valence electrons. The minimum absolute atomic E-state index is 0.0148. The Labute approximate surface area is 123 Å². The SMILES string of the molecule is C[C@@H](NC(=O)C1CCCCC1)C(=O)NCc1cscn1. The molecule has 20 heavy (non-hydrogen) atoms. The van der Waals surface area contributed by atoms with Crippen LogP contribution < -0.4 is 10.6 Å². The molecule has 1 saturated carbocycles. The van der Waals surface area contributed by atoms with E-state index in [0.717, 1.165) is 31.4 Å². The second-order valence-electron chi connectivity index (χ2n) is 5.26. The highest BCUT2D eigenvalue weighted by molar-refractivity contribution is 7.07. The topological polar surface area (TPSA) is 71.1 Å². The van der Waals surface area contributed by atoms with Gasteiger partial charge in [0.25, 0.3) is 0 Å². The normalized spacial score (nSPS) is 17.4. The van der Waals surface area contributed by atoms with Crippen molar-refractivity contribution in [1.29, 1.82) is 0 Å². The molecule has 1 atom stereocenters. The maximum atomic E-state index is 12.0. The van der Waals surface area contributed by atoms with Crippen molar-refractivity contribution in [2.45, 2.75) is 51.6 Å². The number of carbonyl (C=O) groups excluding carboxylic acids is 2. The number of aromatic nitrogens is 1. The van der Waals surface area contributed by atoms with Crippen LogP contribution in [0.1, 0.15) is 44.7 Å². The van der Waals surface area contributed by atoms with Crippen LogP contribution >= 0.6 is 11.3 Å². The summed E-state index contributed by atoms with van der Waals surface area (Å²) in [5.41, 5.74) is 2.57. The van der Waals surface area contributed by atoms with Crippen molar-refractivity contribution in [2.75, 3.05) is 0 Å². The molecule has 2 N–H and O–H groups in total. The fraction of sp³-hybridized carbons (Fsp3) is 0.643. The fourth-order valence-corrected chi connectivity index (χ4v) is 2.98. The molecule has 0 aliphatic heterocycles. The Morgan fingerprint density at radius 1 is 1.40 bits per heavy atom. The zero-order valence-electron chi connectivity index (χ0n) is 11.7. The summed E-state index contributed by atoms with van der Waals surface area (Å²) in [5.74, 6) is -0.0688. The first-order valence-corrected chi connectivity index (χ1v) is 8.06. The van der Waals surface area contributed by atoms with Crippen LogP contribution in [0, 0.1) is 5.92 Å². The molecule has 0 aromatic carbocycles. The van der Waals surface area contributed by atoms with Gasteiger partial charge in [-0.25, -0.2) is 4.98 Å². The van der Waals surface area contributed by atoms with Gasteiger partial charge in [-0.2, -0.15) is 0 Å². The van der Waals surface area contributed by atoms with Crippen molar-refractivity contribution in [3.05, 3.63) is 16.6 Å². The molecule has 2 amide bonds. The van der Waals surface area contributed by atoms with Crippen molar-refractivity contribution in [3.63, 3.8) is 0 Å². The molecular formula is C14H21N3O2S. The van der Waals surface area contributed by atoms with E-state index in [-0.39, 0.29) is 17.7 Å². The Morgan fingerprint density at radius 3 is 2.80 bits per heavy atom. The van der Waals surface area contributed by atoms with Gasteiger partial charge in [-0.05, 0) is 19.8 Å². The minimum atomic E-state index is -0.497. The first-order valence-electron chi connectivity index (χ1n) is 7.12. The maximum absolute atomic E-state index is 12.0. The molecule has 1 aliphatic carbocycles. The molecule has 1 heterocycles. The lowest BCUT2D eigenvalue weighted by molar-refractivity contribution is -0.131. The van der Waals surface area contributed by atoms with Crippen molar-refractivity contribution >= 4 is 23.2 Å². The summed E-state index contributed by atoms with van der Waals surface area (Å²) in [7, 11) is 0. The van der Waals surface area contributed by atoms with Gasteiger partial charge >= 0.3 is 0 Å². The van der Waals surface area contributed by atoms with E-state index in [1.807, 2.05) is 5.38 Å². The molecule has 0 spiro atoms. The standard InChI is InChI=1S/C14H21N3O2S/c1-10(13(18)15-7-12-8-20-9-16-12)17-14(19)11-5-3-2-4-6-11/h8-11H,2-7H2,1H3,(H,15,18)(H,17,19)/t10-/m1/s1. The van der Waals surface area contributed by atoms with Crippen LogP contribution in [0.25, 0.3) is 0 Å². The number of nitrogens with zero attached hydrogens (tertiary/aromatic N) is 1. The number of amides is 2. The van der Waals surface area contributed by atoms with Gasteiger partial charge in [0.15, 0.2) is 0 Å². The quantitative estimate of drug-likeness (QED) is 0.871. The third kappa shape index (κ3) is 4.30. The van der Waals surface area contributed by atoms with E-state index in [1.165, 1.54) is 17.8 Å². The fourth-order valence-electron chi connectivity index (χ4n) is 2.42. The monoisotopic (exact) mass is 295 g/mol. The van der Waals surface area contributed by atoms with Crippen molar-refractivity contribution in [3.8, 4) is 0 Å². The first-order chi connectivity index (χ1) is 9.66. The van der Waals surface area contributed by atoms with Crippen LogP contribution in [0.4, 0.5) is 0 Å². The van der Waals surface area contributed by atoms with Crippen molar-refractivity contribution < 1.29 is 9.59 Å². The lowest BCUT2D eigenvalue weighted by Crippen LogP contribution is -2.46. The molecule has 5 nitrogen and oxygen atoms in total. The van der Waals surface area contributed by atoms with Crippen molar-refractivity contribution in [1.82, 2.24) is 15.6 Å². The average Bonchev–Trinajstić information content (AvgIpc) is 2.98. The molecule has 6 heteroatoms. The van der Waals surface area contributed by atoms with Gasteiger partial charge in [-0.3, -0.25) is 9.59 Å². The summed E-state index contributed by atoms with van der Waals surface area (Å²) in [5, 5.41) is 7.49. The molecular weight excluding hydrogens is 274 g/mol. The number of hydrogen-bond donors (Lipinski definition) is 2. The van der Waals surface area contributed by atoms with Crippen LogP contribution in [-0.2, 0) is 16.1 Å². The van der Waals surface area contributed by atoms with E-state index < -0.39 is 6.04 Å². The highest BCUT2D eigenvalue weighted by atomic mass is 32.1. The van der Waals surface area contributed by atoms with Crippen LogP contribution in [-0.4, -0.2) is 22.8 Å². The summed E-state index contributed by atoms with van der Waals surface area (Å²) >= 11 is 1.50. The zero-order valence-corrected chi connectivity index (χ0v) is 12.5. The van der Waals surface area contributed by atoms with E-state index in [4.69, 9.17) is 0 Å². The maximum Gasteiger partial charge on any atom is 0.242 e. The summed E-state index contributed by atoms with van der Waals surface area (Å²) < 4.78 is 0. The third-order valence-electron chi connectivity index (χ3n) is 3.66. The van der Waals surface area contributed by atoms with Crippen LogP contribution in [0.3, 0.4) is 0 Å². The van der Waals surface area contributed by atoms with Gasteiger partial charge < -0.3 is 10.6 Å². The van der Waals surface area contributed by atoms with Gasteiger partial charge in [-0.1, -0.05) is 19.3 Å². The van der Waals surface area contributed by atoms with Crippen molar-refractivity contribution in [2.24, 2.45) is 5.92 Å². The number of thiazole rings is 1. The van der Waals surface area contributed by atoms with E-state index in [9.17, 15) is 9.59 Å². The molecule has 1 aromatic heterocycles. The van der Waals surface area contributed by atoms with E-state index in [2.05, 4.69) is 15.6 Å². The van der Waals surface area contributed by atoms with E-state index in [1.54, 1.807) is 12.4 Å². The van der Waals surface area contributed by atoms with E-state index >= 15 is 0 Å². The predicted octanol–water partition coefficient (Wildman–Crippen LogP) is 1.84. The van der Waals surface area contributed by atoms with Crippen LogP contribution in [0.5, 0.6) is 0 Å². The Morgan fingerprint density at radius 2 is 2.15 bits per heavy atom. The Kier molecular flexibility index (Phi) is 5.52. The number of hydrogen-bond acceptors (Lipinski definition) is 4. The Bertz CT molecular complexity index is 441. The highest BCUT2D eigenvalue weighted by Gasteiger charge is 2.24. The summed E-state index contributed by atoms with van der Waals surface area (Å²) in [6, 6.07) is -0.497. The summed E-state index contributed by atoms with van der Waals surface area (Å²) in [6.45, 7) is 2.13. The summed E-state index contributed by atoms with van der Waals surface area (Å²) in [4.78, 5) is 28.0. The Balaban J connectivity index is 1.73. The molecule has 0 saturated heterocycles. The minimum Gasteiger partial charge on any atom is -0.349 e. The van der Waals surface area contributed by atoms with Crippen LogP contribution in [0.2, 0.25) is 0 Å². The molecule has 1 aliphatic rings. The average molecular weight is 295 g/mol. The zero-order chi connectivity index (χ0) is 14.4. The molecule has 1 aromatic rings. The molecule has 1 fully saturated rings. The summed E-state index contributed by atoms with van der Waals surface area (Å²) in [6.07, 6.45) is 5.33. The molecule has 2 rings (SSSR count). The van der Waals surface area contributed by atoms with Gasteiger partial charge in [-0.15, -0.1) is 11.3 Å². The van der Waals surface area contributed by atoms with Gasteiger partial charge in [0.1, 0.15) is 6.04 Å². The number of nitrogens with one attached hydrogen (secondary N) is 2.